The Morgan fingerprint density at radius 3 is 2.60 bits per heavy atom. The van der Waals surface area contributed by atoms with Crippen LogP contribution in [0.5, 0.6) is 5.75 Å². The summed E-state index contributed by atoms with van der Waals surface area (Å²) >= 11 is 0. The number of fused-ring (bicyclic) bond motifs is 2. The Balaban J connectivity index is 1.41. The molecule has 2 aliphatic heterocycles. The number of nitrogens with one attached hydrogen (secondary N) is 2. The molecule has 192 valence electrons. The summed E-state index contributed by atoms with van der Waals surface area (Å²) in [5, 5.41) is 4.77. The largest absolute Gasteiger partial charge is 0.490 e. The zero-order chi connectivity index (χ0) is 25.2. The molecular formula is C24H30F3N3O5. The number of likely N-dealkylation sites (N-methyl/N-ethyl adjacent to an activating group) is 1. The minimum Gasteiger partial charge on any atom is -0.490 e. The van der Waals surface area contributed by atoms with Crippen molar-refractivity contribution < 1.29 is 37.0 Å². The van der Waals surface area contributed by atoms with E-state index in [1.54, 1.807) is 30.1 Å². The molecule has 1 saturated carbocycles. The Morgan fingerprint density at radius 2 is 1.89 bits per heavy atom. The zero-order valence-electron chi connectivity index (χ0n) is 19.5. The van der Waals surface area contributed by atoms with Crippen molar-refractivity contribution in [2.45, 2.75) is 69.4 Å². The minimum atomic E-state index is -4.48. The molecule has 0 aromatic heterocycles. The van der Waals surface area contributed by atoms with Crippen molar-refractivity contribution >= 4 is 23.4 Å². The minimum absolute atomic E-state index is 0.00438. The van der Waals surface area contributed by atoms with Gasteiger partial charge in [0.2, 0.25) is 11.8 Å². The summed E-state index contributed by atoms with van der Waals surface area (Å²) in [6.07, 6.45) is -1.01. The maximum atomic E-state index is 13.3. The van der Waals surface area contributed by atoms with Gasteiger partial charge >= 0.3 is 6.18 Å². The number of hydrogen-bond donors (Lipinski definition) is 2. The highest BCUT2D eigenvalue weighted by Gasteiger charge is 2.39. The molecule has 2 fully saturated rings. The van der Waals surface area contributed by atoms with Crippen LogP contribution in [-0.4, -0.2) is 67.2 Å². The number of amides is 3. The first-order valence-corrected chi connectivity index (χ1v) is 11.9. The molecule has 0 radical (unpaired) electrons. The molecule has 1 aromatic carbocycles. The number of rotatable bonds is 5. The van der Waals surface area contributed by atoms with E-state index < -0.39 is 30.8 Å². The van der Waals surface area contributed by atoms with Gasteiger partial charge in [-0.1, -0.05) is 12.8 Å². The number of carbonyl (C=O) groups is 3. The Morgan fingerprint density at radius 1 is 1.14 bits per heavy atom. The molecule has 0 unspecified atom stereocenters. The van der Waals surface area contributed by atoms with Crippen molar-refractivity contribution in [1.29, 1.82) is 0 Å². The topological polar surface area (TPSA) is 97.0 Å². The van der Waals surface area contributed by atoms with Gasteiger partial charge in [0.15, 0.2) is 0 Å². The monoisotopic (exact) mass is 497 g/mol. The van der Waals surface area contributed by atoms with Crippen LogP contribution in [0.3, 0.4) is 0 Å². The molecule has 1 saturated heterocycles. The van der Waals surface area contributed by atoms with E-state index in [0.717, 1.165) is 25.7 Å². The lowest BCUT2D eigenvalue weighted by atomic mass is 9.94. The molecular weight excluding hydrogens is 467 g/mol. The lowest BCUT2D eigenvalue weighted by Crippen LogP contribution is -2.54. The van der Waals surface area contributed by atoms with Crippen LogP contribution in [0.25, 0.3) is 0 Å². The van der Waals surface area contributed by atoms with Crippen LogP contribution in [0.4, 0.5) is 18.9 Å². The molecule has 1 aromatic rings. The summed E-state index contributed by atoms with van der Waals surface area (Å²) in [5.74, 6) is -0.708. The second kappa shape index (κ2) is 10.4. The van der Waals surface area contributed by atoms with Crippen LogP contribution in [0, 0.1) is 5.92 Å². The lowest BCUT2D eigenvalue weighted by molar-refractivity contribution is -0.144. The SMILES string of the molecule is CN1C(=O)c2cc(NC(=O)C3CCCC3)ccc2OC[C@H]2O[C@H](CC(=O)NCC(F)(F)F)CC[C@H]21. The molecule has 0 bridgehead atoms. The van der Waals surface area contributed by atoms with Crippen molar-refractivity contribution in [2.24, 2.45) is 5.92 Å². The molecule has 3 atom stereocenters. The number of nitrogens with zero attached hydrogens (tertiary/aromatic N) is 1. The molecule has 1 aliphatic carbocycles. The van der Waals surface area contributed by atoms with Crippen LogP contribution < -0.4 is 15.4 Å². The number of benzene rings is 1. The highest BCUT2D eigenvalue weighted by molar-refractivity contribution is 6.00. The predicted molar refractivity (Wildman–Crippen MR) is 120 cm³/mol. The van der Waals surface area contributed by atoms with E-state index in [-0.39, 0.29) is 36.8 Å². The zero-order valence-corrected chi connectivity index (χ0v) is 19.5. The van der Waals surface area contributed by atoms with Crippen LogP contribution in [-0.2, 0) is 14.3 Å². The Hall–Kier alpha value is -2.82. The third-order valence-corrected chi connectivity index (χ3v) is 6.90. The highest BCUT2D eigenvalue weighted by Crippen LogP contribution is 2.33. The standard InChI is InChI=1S/C24H30F3N3O5/c1-30-18-8-7-16(11-21(31)28-13-24(25,26)27)35-20(18)12-34-19-9-6-15(10-17(19)23(30)33)29-22(32)14-4-2-3-5-14/h6,9-10,14,16,18,20H,2-5,7-8,11-13H2,1H3,(H,28,31)(H,29,32)/t16-,18+,20+/m0/s1. The van der Waals surface area contributed by atoms with Crippen molar-refractivity contribution in [3.8, 4) is 5.75 Å². The fourth-order valence-corrected chi connectivity index (χ4v) is 5.02. The van der Waals surface area contributed by atoms with Gasteiger partial charge in [0.05, 0.1) is 24.1 Å². The van der Waals surface area contributed by atoms with E-state index in [4.69, 9.17) is 9.47 Å². The van der Waals surface area contributed by atoms with E-state index in [0.29, 0.717) is 29.8 Å². The van der Waals surface area contributed by atoms with Gasteiger partial charge in [0.25, 0.3) is 5.91 Å². The van der Waals surface area contributed by atoms with Gasteiger partial charge in [0, 0.05) is 18.7 Å². The first kappa shape index (κ1) is 25.3. The highest BCUT2D eigenvalue weighted by atomic mass is 19.4. The van der Waals surface area contributed by atoms with E-state index >= 15 is 0 Å². The summed E-state index contributed by atoms with van der Waals surface area (Å²) in [5.41, 5.74) is 0.872. The van der Waals surface area contributed by atoms with E-state index in [9.17, 15) is 27.6 Å². The fraction of sp³-hybridized carbons (Fsp3) is 0.625. The first-order chi connectivity index (χ1) is 16.6. The molecule has 4 rings (SSSR count). The Bertz CT molecular complexity index is 964. The van der Waals surface area contributed by atoms with E-state index in [2.05, 4.69) is 5.32 Å². The van der Waals surface area contributed by atoms with Crippen LogP contribution in [0.15, 0.2) is 18.2 Å². The van der Waals surface area contributed by atoms with Gasteiger partial charge in [0.1, 0.15) is 25.0 Å². The summed E-state index contributed by atoms with van der Waals surface area (Å²) in [6.45, 7) is -1.27. The van der Waals surface area contributed by atoms with Gasteiger partial charge in [-0.15, -0.1) is 0 Å². The van der Waals surface area contributed by atoms with Crippen LogP contribution in [0.2, 0.25) is 0 Å². The Kier molecular flexibility index (Phi) is 7.53. The number of ether oxygens (including phenoxy) is 2. The molecule has 3 amide bonds. The number of anilines is 1. The maximum Gasteiger partial charge on any atom is 0.405 e. The average Bonchev–Trinajstić information content (AvgIpc) is 3.35. The average molecular weight is 498 g/mol. The smallest absolute Gasteiger partial charge is 0.405 e. The molecule has 2 N–H and O–H groups in total. The molecule has 2 heterocycles. The quantitative estimate of drug-likeness (QED) is 0.651. The molecule has 3 aliphatic rings. The second-order valence-electron chi connectivity index (χ2n) is 9.45. The van der Waals surface area contributed by atoms with Gasteiger partial charge < -0.3 is 25.0 Å². The summed E-state index contributed by atoms with van der Waals surface area (Å²) < 4.78 is 48.9. The van der Waals surface area contributed by atoms with Crippen molar-refractivity contribution in [2.75, 3.05) is 25.5 Å². The number of hydrogen-bond acceptors (Lipinski definition) is 5. The Labute approximate surface area is 201 Å². The van der Waals surface area contributed by atoms with E-state index in [1.807, 2.05) is 5.32 Å². The third-order valence-electron chi connectivity index (χ3n) is 6.90. The number of halogens is 3. The molecule has 11 heteroatoms. The maximum absolute atomic E-state index is 13.3. The fourth-order valence-electron chi connectivity index (χ4n) is 5.02. The summed E-state index contributed by atoms with van der Waals surface area (Å²) in [4.78, 5) is 39.3. The second-order valence-corrected chi connectivity index (χ2v) is 9.45. The number of alkyl halides is 3. The molecule has 8 nitrogen and oxygen atoms in total. The lowest BCUT2D eigenvalue weighted by Gasteiger charge is -2.42. The van der Waals surface area contributed by atoms with Crippen molar-refractivity contribution in [3.05, 3.63) is 23.8 Å². The van der Waals surface area contributed by atoms with Crippen LogP contribution in [0.1, 0.15) is 55.3 Å². The molecule has 35 heavy (non-hydrogen) atoms. The first-order valence-electron chi connectivity index (χ1n) is 11.9. The predicted octanol–water partition coefficient (Wildman–Crippen LogP) is 3.26. The van der Waals surface area contributed by atoms with Crippen molar-refractivity contribution in [3.63, 3.8) is 0 Å². The van der Waals surface area contributed by atoms with Crippen LogP contribution >= 0.6 is 0 Å². The normalized spacial score (nSPS) is 25.1. The van der Waals surface area contributed by atoms with Gasteiger partial charge in [-0.05, 0) is 43.9 Å². The number of carbonyl (C=O) groups excluding carboxylic acids is 3. The van der Waals surface area contributed by atoms with Gasteiger partial charge in [-0.25, -0.2) is 0 Å². The third kappa shape index (κ3) is 6.25. The summed E-state index contributed by atoms with van der Waals surface area (Å²) in [7, 11) is 1.67. The summed E-state index contributed by atoms with van der Waals surface area (Å²) in [6, 6.07) is 4.63. The van der Waals surface area contributed by atoms with Gasteiger partial charge in [-0.3, -0.25) is 14.4 Å². The van der Waals surface area contributed by atoms with Gasteiger partial charge in [-0.2, -0.15) is 13.2 Å². The van der Waals surface area contributed by atoms with E-state index in [1.165, 1.54) is 0 Å². The molecule has 0 spiro atoms. The van der Waals surface area contributed by atoms with Crippen molar-refractivity contribution in [1.82, 2.24) is 10.2 Å².